The van der Waals surface area contributed by atoms with Crippen molar-refractivity contribution < 1.29 is 10.0 Å². The molecular weight excluding hydrogens is 226 g/mol. The van der Waals surface area contributed by atoms with E-state index in [0.717, 1.165) is 12.6 Å². The Morgan fingerprint density at radius 3 is 3.06 bits per heavy atom. The van der Waals surface area contributed by atoms with Crippen molar-refractivity contribution in [3.05, 3.63) is 16.3 Å². The van der Waals surface area contributed by atoms with Gasteiger partial charge < -0.3 is 15.7 Å². The summed E-state index contributed by atoms with van der Waals surface area (Å²) in [6.45, 7) is 0.950. The number of rotatable bonds is 2. The summed E-state index contributed by atoms with van der Waals surface area (Å²) < 4.78 is 0. The van der Waals surface area contributed by atoms with Gasteiger partial charge in [-0.15, -0.1) is 0 Å². The highest BCUT2D eigenvalue weighted by Gasteiger charge is 2.26. The molecule has 1 aliphatic rings. The van der Waals surface area contributed by atoms with E-state index in [1.165, 1.54) is 0 Å². The van der Waals surface area contributed by atoms with Crippen LogP contribution in [0.3, 0.4) is 0 Å². The Balaban J connectivity index is 2.35. The molecule has 1 atom stereocenters. The van der Waals surface area contributed by atoms with E-state index in [4.69, 9.17) is 5.73 Å². The molecule has 17 heavy (non-hydrogen) atoms. The summed E-state index contributed by atoms with van der Waals surface area (Å²) in [4.78, 5) is 19.5. The van der Waals surface area contributed by atoms with E-state index in [1.807, 2.05) is 0 Å². The standard InChI is InChI=1S/C9H13N5O3/c10-9-11-4-7(14(16)17)8(12-9)13-3-1-2-6(15)5-13/h4,6,15H,1-3,5H2,(H2,10,11,12). The van der Waals surface area contributed by atoms with E-state index < -0.39 is 11.0 Å². The van der Waals surface area contributed by atoms with Gasteiger partial charge in [-0.2, -0.15) is 4.98 Å². The number of hydrogen-bond acceptors (Lipinski definition) is 7. The van der Waals surface area contributed by atoms with Crippen LogP contribution in [0.15, 0.2) is 6.20 Å². The molecular formula is C9H13N5O3. The van der Waals surface area contributed by atoms with E-state index >= 15 is 0 Å². The minimum Gasteiger partial charge on any atom is -0.391 e. The molecule has 1 fully saturated rings. The third-order valence-corrected chi connectivity index (χ3v) is 2.66. The smallest absolute Gasteiger partial charge is 0.329 e. The van der Waals surface area contributed by atoms with Crippen LogP contribution in [0.4, 0.5) is 17.5 Å². The van der Waals surface area contributed by atoms with Crippen molar-refractivity contribution in [3.8, 4) is 0 Å². The average molecular weight is 239 g/mol. The van der Waals surface area contributed by atoms with E-state index in [-0.39, 0.29) is 17.5 Å². The highest BCUT2D eigenvalue weighted by Crippen LogP contribution is 2.27. The van der Waals surface area contributed by atoms with Gasteiger partial charge in [-0.3, -0.25) is 10.1 Å². The molecule has 2 heterocycles. The molecule has 1 saturated heterocycles. The van der Waals surface area contributed by atoms with Crippen molar-refractivity contribution in [1.29, 1.82) is 0 Å². The number of anilines is 2. The SMILES string of the molecule is Nc1ncc([N+](=O)[O-])c(N2CCCC(O)C2)n1. The Bertz CT molecular complexity index is 439. The number of nitrogens with two attached hydrogens (primary N) is 1. The van der Waals surface area contributed by atoms with Crippen molar-refractivity contribution in [1.82, 2.24) is 9.97 Å². The molecule has 92 valence electrons. The average Bonchev–Trinajstić information content (AvgIpc) is 2.28. The van der Waals surface area contributed by atoms with E-state index in [9.17, 15) is 15.2 Å². The first-order chi connectivity index (χ1) is 8.08. The summed E-state index contributed by atoms with van der Waals surface area (Å²) in [6.07, 6.45) is 2.07. The lowest BCUT2D eigenvalue weighted by Crippen LogP contribution is -2.39. The number of nitro groups is 1. The number of aliphatic hydroxyl groups is 1. The second-order valence-electron chi connectivity index (χ2n) is 3.94. The summed E-state index contributed by atoms with van der Waals surface area (Å²) in [7, 11) is 0. The predicted octanol–water partition coefficient (Wildman–Crippen LogP) is -0.0719. The number of nitrogen functional groups attached to an aromatic ring is 1. The van der Waals surface area contributed by atoms with E-state index in [1.54, 1.807) is 4.90 Å². The highest BCUT2D eigenvalue weighted by atomic mass is 16.6. The minimum atomic E-state index is -0.546. The molecule has 0 bridgehead atoms. The monoisotopic (exact) mass is 239 g/mol. The zero-order valence-electron chi connectivity index (χ0n) is 9.11. The molecule has 3 N–H and O–H groups in total. The fraction of sp³-hybridized carbons (Fsp3) is 0.556. The van der Waals surface area contributed by atoms with Crippen molar-refractivity contribution in [2.75, 3.05) is 23.7 Å². The van der Waals surface area contributed by atoms with Gasteiger partial charge in [0.1, 0.15) is 6.20 Å². The van der Waals surface area contributed by atoms with Crippen LogP contribution in [0.2, 0.25) is 0 Å². The van der Waals surface area contributed by atoms with Crippen LogP contribution >= 0.6 is 0 Å². The molecule has 1 aliphatic heterocycles. The van der Waals surface area contributed by atoms with Crippen molar-refractivity contribution in [2.45, 2.75) is 18.9 Å². The molecule has 0 radical (unpaired) electrons. The molecule has 0 saturated carbocycles. The Labute approximate surface area is 97.2 Å². The minimum absolute atomic E-state index is 0.00865. The van der Waals surface area contributed by atoms with Gasteiger partial charge in [0.2, 0.25) is 11.8 Å². The largest absolute Gasteiger partial charge is 0.391 e. The van der Waals surface area contributed by atoms with Crippen LogP contribution in [0.5, 0.6) is 0 Å². The molecule has 0 spiro atoms. The third kappa shape index (κ3) is 2.41. The zero-order valence-corrected chi connectivity index (χ0v) is 9.11. The van der Waals surface area contributed by atoms with Crippen LogP contribution in [0.1, 0.15) is 12.8 Å². The third-order valence-electron chi connectivity index (χ3n) is 2.66. The van der Waals surface area contributed by atoms with Crippen molar-refractivity contribution in [3.63, 3.8) is 0 Å². The van der Waals surface area contributed by atoms with Crippen molar-refractivity contribution >= 4 is 17.5 Å². The van der Waals surface area contributed by atoms with Gasteiger partial charge in [0.25, 0.3) is 0 Å². The Hall–Kier alpha value is -1.96. The van der Waals surface area contributed by atoms with Crippen LogP contribution < -0.4 is 10.6 Å². The highest BCUT2D eigenvalue weighted by molar-refractivity contribution is 5.58. The van der Waals surface area contributed by atoms with E-state index in [0.29, 0.717) is 19.5 Å². The summed E-state index contributed by atoms with van der Waals surface area (Å²) >= 11 is 0. The van der Waals surface area contributed by atoms with Crippen LogP contribution in [0, 0.1) is 10.1 Å². The maximum absolute atomic E-state index is 10.9. The second-order valence-corrected chi connectivity index (χ2v) is 3.94. The Kier molecular flexibility index (Phi) is 3.05. The number of piperidine rings is 1. The maximum Gasteiger partial charge on any atom is 0.329 e. The number of aliphatic hydroxyl groups excluding tert-OH is 1. The molecule has 1 aromatic heterocycles. The molecule has 0 aromatic carbocycles. The zero-order chi connectivity index (χ0) is 12.4. The van der Waals surface area contributed by atoms with E-state index in [2.05, 4.69) is 9.97 Å². The quantitative estimate of drug-likeness (QED) is 0.547. The summed E-state index contributed by atoms with van der Waals surface area (Å²) in [5.41, 5.74) is 5.25. The molecule has 8 heteroatoms. The maximum atomic E-state index is 10.9. The van der Waals surface area contributed by atoms with Crippen molar-refractivity contribution in [2.24, 2.45) is 0 Å². The summed E-state index contributed by atoms with van der Waals surface area (Å²) in [6, 6.07) is 0. The first-order valence-electron chi connectivity index (χ1n) is 5.28. The summed E-state index contributed by atoms with van der Waals surface area (Å²) in [5, 5.41) is 20.4. The van der Waals surface area contributed by atoms with Gasteiger partial charge >= 0.3 is 5.69 Å². The summed E-state index contributed by atoms with van der Waals surface area (Å²) in [5.74, 6) is 0.173. The Morgan fingerprint density at radius 2 is 2.41 bits per heavy atom. The van der Waals surface area contributed by atoms with Crippen LogP contribution in [-0.4, -0.2) is 39.2 Å². The number of β-amino-alcohol motifs (C(OH)–C–C–N with tert-alkyl or cyclic N) is 1. The lowest BCUT2D eigenvalue weighted by molar-refractivity contribution is -0.384. The number of nitrogens with zero attached hydrogens (tertiary/aromatic N) is 4. The molecule has 1 aromatic rings. The number of hydrogen-bond donors (Lipinski definition) is 2. The molecule has 8 nitrogen and oxygen atoms in total. The first kappa shape index (κ1) is 11.5. The topological polar surface area (TPSA) is 118 Å². The number of aromatic nitrogens is 2. The Morgan fingerprint density at radius 1 is 1.65 bits per heavy atom. The molecule has 0 amide bonds. The fourth-order valence-electron chi connectivity index (χ4n) is 1.89. The van der Waals surface area contributed by atoms with Gasteiger partial charge in [0, 0.05) is 13.1 Å². The molecule has 2 rings (SSSR count). The lowest BCUT2D eigenvalue weighted by Gasteiger charge is -2.30. The first-order valence-corrected chi connectivity index (χ1v) is 5.28. The van der Waals surface area contributed by atoms with Gasteiger partial charge in [-0.25, -0.2) is 4.98 Å². The second kappa shape index (κ2) is 4.50. The lowest BCUT2D eigenvalue weighted by atomic mass is 10.1. The predicted molar refractivity (Wildman–Crippen MR) is 60.6 cm³/mol. The van der Waals surface area contributed by atoms with Gasteiger partial charge in [-0.05, 0) is 12.8 Å². The normalized spacial score (nSPS) is 20.3. The van der Waals surface area contributed by atoms with Gasteiger partial charge in [0.15, 0.2) is 0 Å². The van der Waals surface area contributed by atoms with Gasteiger partial charge in [-0.1, -0.05) is 0 Å². The fourth-order valence-corrected chi connectivity index (χ4v) is 1.89. The van der Waals surface area contributed by atoms with Crippen LogP contribution in [-0.2, 0) is 0 Å². The molecule has 1 unspecified atom stereocenters. The van der Waals surface area contributed by atoms with Crippen LogP contribution in [0.25, 0.3) is 0 Å². The van der Waals surface area contributed by atoms with Gasteiger partial charge in [0.05, 0.1) is 11.0 Å². The molecule has 0 aliphatic carbocycles.